The predicted octanol–water partition coefficient (Wildman–Crippen LogP) is 3.13. The van der Waals surface area contributed by atoms with Crippen molar-refractivity contribution in [2.24, 2.45) is 29.4 Å². The van der Waals surface area contributed by atoms with Crippen LogP contribution in [0, 0.1) is 23.7 Å². The Morgan fingerprint density at radius 1 is 0.880 bits per heavy atom. The molecule has 13 nitrogen and oxygen atoms in total. The van der Waals surface area contributed by atoms with E-state index in [1.54, 1.807) is 13.0 Å². The zero-order chi connectivity index (χ0) is 38.4. The summed E-state index contributed by atoms with van der Waals surface area (Å²) in [4.78, 5) is 73.5. The quantitative estimate of drug-likeness (QED) is 0.0337. The lowest BCUT2D eigenvalue weighted by atomic mass is 9.92. The van der Waals surface area contributed by atoms with Crippen molar-refractivity contribution in [1.82, 2.24) is 16.0 Å². The standard InChI is InChI=1S/C37H62N4O9/c1-9-10-11-12-14-23(2)15-13-16-24(3)17-19-30(42)25(4)18-20-31(43)27(6)35(47)40-28(7)36(48)39-22-26(5)34(46)41-29(37(49)50-8)21-32(44)33(38)45/h16-17,19,23,25-27,29,31-32,43-44H,7,9-15,18,20-22H2,1-6,8H3,(H2,38,45)(H,39,48)(H,40,47)(H,41,46)/b19-17+,24-16+. The zero-order valence-corrected chi connectivity index (χ0v) is 31.1. The molecule has 7 atom stereocenters. The largest absolute Gasteiger partial charge is 0.467 e. The van der Waals surface area contributed by atoms with Crippen molar-refractivity contribution in [3.63, 3.8) is 0 Å². The van der Waals surface area contributed by atoms with Gasteiger partial charge in [-0.1, -0.05) is 91.0 Å². The minimum absolute atomic E-state index is 0.0663. The number of hydrogen-bond donors (Lipinski definition) is 6. The molecule has 0 spiro atoms. The van der Waals surface area contributed by atoms with E-state index in [-0.39, 0.29) is 30.4 Å². The zero-order valence-electron chi connectivity index (χ0n) is 31.1. The Hall–Kier alpha value is -3.84. The van der Waals surface area contributed by atoms with Gasteiger partial charge < -0.3 is 36.6 Å². The maximum atomic E-state index is 12.7. The number of carbonyl (C=O) groups is 6. The van der Waals surface area contributed by atoms with Crippen LogP contribution in [0.1, 0.15) is 106 Å². The van der Waals surface area contributed by atoms with Crippen molar-refractivity contribution in [2.75, 3.05) is 13.7 Å². The van der Waals surface area contributed by atoms with E-state index in [2.05, 4.69) is 47.2 Å². The van der Waals surface area contributed by atoms with E-state index in [0.29, 0.717) is 12.3 Å². The minimum atomic E-state index is -1.69. The number of ketones is 1. The van der Waals surface area contributed by atoms with Crippen molar-refractivity contribution in [1.29, 1.82) is 0 Å². The average molecular weight is 707 g/mol. The molecule has 0 radical (unpaired) electrons. The third kappa shape index (κ3) is 19.4. The highest BCUT2D eigenvalue weighted by atomic mass is 16.5. The van der Waals surface area contributed by atoms with Crippen LogP contribution in [0.15, 0.2) is 36.1 Å². The smallest absolute Gasteiger partial charge is 0.328 e. The second kappa shape index (κ2) is 25.2. The monoisotopic (exact) mass is 706 g/mol. The highest BCUT2D eigenvalue weighted by Gasteiger charge is 2.29. The molecule has 0 aliphatic rings. The van der Waals surface area contributed by atoms with Crippen molar-refractivity contribution in [2.45, 2.75) is 124 Å². The van der Waals surface area contributed by atoms with E-state index < -0.39 is 66.1 Å². The molecule has 0 aromatic rings. The van der Waals surface area contributed by atoms with Crippen LogP contribution in [0.4, 0.5) is 0 Å². The molecule has 0 saturated carbocycles. The van der Waals surface area contributed by atoms with Crippen LogP contribution in [0.3, 0.4) is 0 Å². The molecule has 0 aliphatic carbocycles. The summed E-state index contributed by atoms with van der Waals surface area (Å²) < 4.78 is 4.58. The van der Waals surface area contributed by atoms with Gasteiger partial charge in [-0.25, -0.2) is 4.79 Å². The number of ether oxygens (including phenoxy) is 1. The molecule has 0 aromatic heterocycles. The maximum Gasteiger partial charge on any atom is 0.328 e. The van der Waals surface area contributed by atoms with Gasteiger partial charge >= 0.3 is 5.97 Å². The van der Waals surface area contributed by atoms with Crippen LogP contribution >= 0.6 is 0 Å². The van der Waals surface area contributed by atoms with E-state index >= 15 is 0 Å². The van der Waals surface area contributed by atoms with E-state index in [4.69, 9.17) is 5.73 Å². The summed E-state index contributed by atoms with van der Waals surface area (Å²) >= 11 is 0. The van der Waals surface area contributed by atoms with Gasteiger partial charge in [0.05, 0.1) is 30.7 Å². The van der Waals surface area contributed by atoms with Crippen LogP contribution in [0.5, 0.6) is 0 Å². The SMILES string of the molecule is C=C(NC(=O)C(C)C(O)CCC(C)C(=O)/C=C/C(C)=C/CCC(C)CCCCCC)C(=O)NCC(C)C(=O)NC(CC(O)C(N)=O)C(=O)OC. The first kappa shape index (κ1) is 46.2. The number of unbranched alkanes of at least 4 members (excludes halogenated alkanes) is 3. The molecule has 0 aromatic carbocycles. The first-order valence-electron chi connectivity index (χ1n) is 17.6. The van der Waals surface area contributed by atoms with Gasteiger partial charge in [-0.15, -0.1) is 0 Å². The number of nitrogens with two attached hydrogens (primary N) is 1. The van der Waals surface area contributed by atoms with Gasteiger partial charge in [-0.05, 0) is 44.6 Å². The van der Waals surface area contributed by atoms with Gasteiger partial charge in [0.15, 0.2) is 5.78 Å². The summed E-state index contributed by atoms with van der Waals surface area (Å²) in [5, 5.41) is 27.4. The second-order valence-electron chi connectivity index (χ2n) is 13.4. The van der Waals surface area contributed by atoms with Crippen LogP contribution in [-0.2, 0) is 33.5 Å². The average Bonchev–Trinajstić information content (AvgIpc) is 3.08. The fourth-order valence-electron chi connectivity index (χ4n) is 4.87. The minimum Gasteiger partial charge on any atom is -0.467 e. The van der Waals surface area contributed by atoms with Crippen molar-refractivity contribution >= 4 is 35.4 Å². The number of aliphatic hydroxyl groups excluding tert-OH is 2. The van der Waals surface area contributed by atoms with Gasteiger partial charge in [0.1, 0.15) is 12.1 Å². The highest BCUT2D eigenvalue weighted by Crippen LogP contribution is 2.18. The van der Waals surface area contributed by atoms with Crippen LogP contribution in [0.2, 0.25) is 0 Å². The molecule has 7 unspecified atom stereocenters. The third-order valence-corrected chi connectivity index (χ3v) is 8.71. The third-order valence-electron chi connectivity index (χ3n) is 8.71. The summed E-state index contributed by atoms with van der Waals surface area (Å²) in [6.07, 6.45) is 11.3. The van der Waals surface area contributed by atoms with Crippen molar-refractivity contribution in [3.8, 4) is 0 Å². The Kier molecular flexibility index (Phi) is 23.2. The van der Waals surface area contributed by atoms with Crippen molar-refractivity contribution < 1.29 is 43.7 Å². The summed E-state index contributed by atoms with van der Waals surface area (Å²) in [6, 6.07) is -1.35. The normalized spacial score (nSPS) is 15.9. The van der Waals surface area contributed by atoms with E-state index in [9.17, 15) is 39.0 Å². The lowest BCUT2D eigenvalue weighted by Crippen LogP contribution is -2.49. The molecule has 0 bridgehead atoms. The van der Waals surface area contributed by atoms with E-state index in [0.717, 1.165) is 25.5 Å². The van der Waals surface area contributed by atoms with Gasteiger partial charge in [-0.2, -0.15) is 0 Å². The Morgan fingerprint density at radius 2 is 1.54 bits per heavy atom. The predicted molar refractivity (Wildman–Crippen MR) is 192 cm³/mol. The first-order valence-corrected chi connectivity index (χ1v) is 17.6. The molecule has 284 valence electrons. The fraction of sp³-hybridized carbons (Fsp3) is 0.676. The number of allylic oxidation sites excluding steroid dienone is 4. The van der Waals surface area contributed by atoms with Gasteiger partial charge in [0, 0.05) is 18.9 Å². The number of nitrogens with one attached hydrogen (secondary N) is 3. The molecule has 0 saturated heterocycles. The maximum absolute atomic E-state index is 12.7. The van der Waals surface area contributed by atoms with Crippen LogP contribution in [-0.4, -0.2) is 77.5 Å². The van der Waals surface area contributed by atoms with Crippen molar-refractivity contribution in [3.05, 3.63) is 36.1 Å². The Balaban J connectivity index is 4.72. The molecule has 0 aliphatic heterocycles. The molecular formula is C37H62N4O9. The Labute approximate surface area is 297 Å². The lowest BCUT2D eigenvalue weighted by Gasteiger charge is -2.21. The molecule has 13 heteroatoms. The van der Waals surface area contributed by atoms with E-state index in [1.807, 2.05) is 13.0 Å². The summed E-state index contributed by atoms with van der Waals surface area (Å²) in [5.41, 5.74) is 5.73. The fourth-order valence-corrected chi connectivity index (χ4v) is 4.87. The summed E-state index contributed by atoms with van der Waals surface area (Å²) in [7, 11) is 1.07. The number of carbonyl (C=O) groups excluding carboxylic acids is 6. The van der Waals surface area contributed by atoms with Crippen LogP contribution in [0.25, 0.3) is 0 Å². The highest BCUT2D eigenvalue weighted by molar-refractivity contribution is 5.97. The molecule has 4 amide bonds. The van der Waals surface area contributed by atoms with Crippen LogP contribution < -0.4 is 21.7 Å². The number of aliphatic hydroxyl groups is 2. The van der Waals surface area contributed by atoms with Gasteiger partial charge in [-0.3, -0.25) is 24.0 Å². The molecule has 7 N–H and O–H groups in total. The number of hydrogen-bond acceptors (Lipinski definition) is 9. The number of amides is 4. The summed E-state index contributed by atoms with van der Waals surface area (Å²) in [6.45, 7) is 14.5. The Morgan fingerprint density at radius 3 is 2.14 bits per heavy atom. The van der Waals surface area contributed by atoms with Gasteiger partial charge in [0.25, 0.3) is 5.91 Å². The van der Waals surface area contributed by atoms with E-state index in [1.165, 1.54) is 46.0 Å². The number of primary amides is 1. The Bertz CT molecular complexity index is 1200. The summed E-state index contributed by atoms with van der Waals surface area (Å²) in [5.74, 6) is -5.62. The molecule has 50 heavy (non-hydrogen) atoms. The second-order valence-corrected chi connectivity index (χ2v) is 13.4. The number of methoxy groups -OCH3 is 1. The molecular weight excluding hydrogens is 644 g/mol. The first-order chi connectivity index (χ1) is 23.4. The van der Waals surface area contributed by atoms with Gasteiger partial charge in [0.2, 0.25) is 17.7 Å². The topological polar surface area (TPSA) is 214 Å². The molecule has 0 heterocycles. The molecule has 0 fully saturated rings. The lowest BCUT2D eigenvalue weighted by molar-refractivity contribution is -0.147. The number of rotatable bonds is 26. The number of esters is 1. The molecule has 0 rings (SSSR count).